The SMILES string of the molecule is Cc1ccc(OCc2ccccc2)c(C(CC(=O)N(C(C)C)C(C)C)c2ccccc2)c1. The van der Waals surface area contributed by atoms with Crippen LogP contribution in [0.2, 0.25) is 0 Å². The number of rotatable bonds is 9. The maximum absolute atomic E-state index is 13.4. The second kappa shape index (κ2) is 11.0. The van der Waals surface area contributed by atoms with Gasteiger partial charge in [-0.1, -0.05) is 78.4 Å². The fourth-order valence-electron chi connectivity index (χ4n) is 4.35. The molecule has 1 amide bonds. The zero-order valence-corrected chi connectivity index (χ0v) is 19.9. The average molecular weight is 430 g/mol. The third-order valence-corrected chi connectivity index (χ3v) is 5.76. The van der Waals surface area contributed by atoms with E-state index in [1.54, 1.807) is 0 Å². The molecule has 3 aromatic carbocycles. The number of aryl methyl sites for hydroxylation is 1. The van der Waals surface area contributed by atoms with E-state index in [1.165, 1.54) is 0 Å². The minimum absolute atomic E-state index is 0.0747. The highest BCUT2D eigenvalue weighted by atomic mass is 16.5. The minimum Gasteiger partial charge on any atom is -0.489 e. The maximum Gasteiger partial charge on any atom is 0.223 e. The van der Waals surface area contributed by atoms with E-state index in [0.717, 1.165) is 28.0 Å². The molecule has 0 N–H and O–H groups in total. The number of benzene rings is 3. The van der Waals surface area contributed by atoms with E-state index >= 15 is 0 Å². The fraction of sp³-hybridized carbons (Fsp3) is 0.345. The van der Waals surface area contributed by atoms with Crippen LogP contribution >= 0.6 is 0 Å². The largest absolute Gasteiger partial charge is 0.489 e. The van der Waals surface area contributed by atoms with Gasteiger partial charge >= 0.3 is 0 Å². The summed E-state index contributed by atoms with van der Waals surface area (Å²) < 4.78 is 6.29. The first kappa shape index (κ1) is 23.6. The summed E-state index contributed by atoms with van der Waals surface area (Å²) in [6.45, 7) is 10.9. The minimum atomic E-state index is -0.0747. The average Bonchev–Trinajstić information content (AvgIpc) is 2.77. The Balaban J connectivity index is 1.97. The van der Waals surface area contributed by atoms with Crippen molar-refractivity contribution in [2.45, 2.75) is 65.6 Å². The second-order valence-electron chi connectivity index (χ2n) is 8.97. The van der Waals surface area contributed by atoms with Crippen molar-refractivity contribution in [1.82, 2.24) is 4.90 Å². The third-order valence-electron chi connectivity index (χ3n) is 5.76. The van der Waals surface area contributed by atoms with Crippen LogP contribution in [0, 0.1) is 6.92 Å². The van der Waals surface area contributed by atoms with Crippen LogP contribution in [0.25, 0.3) is 0 Å². The summed E-state index contributed by atoms with van der Waals surface area (Å²) in [5.41, 5.74) is 4.47. The van der Waals surface area contributed by atoms with Crippen molar-refractivity contribution in [1.29, 1.82) is 0 Å². The van der Waals surface area contributed by atoms with Gasteiger partial charge in [-0.05, 0) is 51.8 Å². The molecular formula is C29H35NO2. The Morgan fingerprint density at radius 1 is 0.844 bits per heavy atom. The number of hydrogen-bond donors (Lipinski definition) is 0. The van der Waals surface area contributed by atoms with Crippen molar-refractivity contribution in [3.05, 3.63) is 101 Å². The van der Waals surface area contributed by atoms with Gasteiger partial charge in [-0.2, -0.15) is 0 Å². The van der Waals surface area contributed by atoms with E-state index in [4.69, 9.17) is 4.74 Å². The Morgan fingerprint density at radius 2 is 1.44 bits per heavy atom. The van der Waals surface area contributed by atoms with Crippen LogP contribution in [-0.4, -0.2) is 22.9 Å². The second-order valence-corrected chi connectivity index (χ2v) is 8.97. The number of hydrogen-bond acceptors (Lipinski definition) is 2. The molecule has 0 aliphatic rings. The highest BCUT2D eigenvalue weighted by Crippen LogP contribution is 2.36. The lowest BCUT2D eigenvalue weighted by atomic mass is 9.86. The van der Waals surface area contributed by atoms with Gasteiger partial charge in [-0.25, -0.2) is 0 Å². The van der Waals surface area contributed by atoms with Crippen molar-refractivity contribution in [3.8, 4) is 5.75 Å². The van der Waals surface area contributed by atoms with Crippen LogP contribution in [0.1, 0.15) is 62.3 Å². The molecule has 0 fully saturated rings. The van der Waals surface area contributed by atoms with Crippen molar-refractivity contribution in [3.63, 3.8) is 0 Å². The number of amides is 1. The predicted octanol–water partition coefficient (Wildman–Crippen LogP) is 6.74. The monoisotopic (exact) mass is 429 g/mol. The summed E-state index contributed by atoms with van der Waals surface area (Å²) in [5, 5.41) is 0. The number of carbonyl (C=O) groups is 1. The Bertz CT molecular complexity index is 988. The van der Waals surface area contributed by atoms with Gasteiger partial charge in [0.2, 0.25) is 5.91 Å². The topological polar surface area (TPSA) is 29.5 Å². The molecule has 0 bridgehead atoms. The van der Waals surface area contributed by atoms with E-state index in [-0.39, 0.29) is 23.9 Å². The van der Waals surface area contributed by atoms with Crippen LogP contribution in [0.3, 0.4) is 0 Å². The first-order valence-electron chi connectivity index (χ1n) is 11.5. The van der Waals surface area contributed by atoms with Gasteiger partial charge in [0.15, 0.2) is 0 Å². The molecule has 0 saturated heterocycles. The molecule has 3 heteroatoms. The lowest BCUT2D eigenvalue weighted by molar-refractivity contribution is -0.135. The third kappa shape index (κ3) is 6.00. The first-order chi connectivity index (χ1) is 15.4. The van der Waals surface area contributed by atoms with Gasteiger partial charge in [0, 0.05) is 30.0 Å². The molecule has 168 valence electrons. The van der Waals surface area contributed by atoms with Gasteiger partial charge in [-0.3, -0.25) is 4.79 Å². The number of nitrogens with zero attached hydrogens (tertiary/aromatic N) is 1. The summed E-state index contributed by atoms with van der Waals surface area (Å²) in [6.07, 6.45) is 0.408. The Kier molecular flexibility index (Phi) is 8.10. The van der Waals surface area contributed by atoms with E-state index < -0.39 is 0 Å². The first-order valence-corrected chi connectivity index (χ1v) is 11.5. The molecule has 3 rings (SSSR count). The summed E-state index contributed by atoms with van der Waals surface area (Å²) in [7, 11) is 0. The predicted molar refractivity (Wildman–Crippen MR) is 132 cm³/mol. The zero-order chi connectivity index (χ0) is 23.1. The highest BCUT2D eigenvalue weighted by Gasteiger charge is 2.27. The lowest BCUT2D eigenvalue weighted by Crippen LogP contribution is -2.42. The van der Waals surface area contributed by atoms with Crippen LogP contribution in [0.5, 0.6) is 5.75 Å². The molecule has 32 heavy (non-hydrogen) atoms. The Labute approximate surface area is 193 Å². The standard InChI is InChI=1S/C29H35NO2/c1-21(2)30(22(3)4)29(31)19-26(25-14-10-7-11-15-25)27-18-23(5)16-17-28(27)32-20-24-12-8-6-9-13-24/h6-18,21-22,26H,19-20H2,1-5H3. The molecule has 0 radical (unpaired) electrons. The molecule has 0 saturated carbocycles. The van der Waals surface area contributed by atoms with E-state index in [2.05, 4.69) is 71.0 Å². The quantitative estimate of drug-likeness (QED) is 0.377. The molecule has 1 atom stereocenters. The molecule has 3 aromatic rings. The van der Waals surface area contributed by atoms with Crippen LogP contribution in [-0.2, 0) is 11.4 Å². The summed E-state index contributed by atoms with van der Waals surface area (Å²) in [5.74, 6) is 0.926. The molecule has 3 nitrogen and oxygen atoms in total. The van der Waals surface area contributed by atoms with Crippen molar-refractivity contribution < 1.29 is 9.53 Å². The highest BCUT2D eigenvalue weighted by molar-refractivity contribution is 5.78. The smallest absolute Gasteiger partial charge is 0.223 e. The van der Waals surface area contributed by atoms with E-state index in [1.807, 2.05) is 47.4 Å². The van der Waals surface area contributed by atoms with Crippen molar-refractivity contribution in [2.24, 2.45) is 0 Å². The van der Waals surface area contributed by atoms with Crippen molar-refractivity contribution >= 4 is 5.91 Å². The fourth-order valence-corrected chi connectivity index (χ4v) is 4.35. The Morgan fingerprint density at radius 3 is 2.03 bits per heavy atom. The molecular weight excluding hydrogens is 394 g/mol. The molecule has 0 aromatic heterocycles. The molecule has 0 aliphatic carbocycles. The van der Waals surface area contributed by atoms with E-state index in [0.29, 0.717) is 13.0 Å². The van der Waals surface area contributed by atoms with Gasteiger partial charge in [-0.15, -0.1) is 0 Å². The summed E-state index contributed by atoms with van der Waals surface area (Å²) in [4.78, 5) is 15.4. The molecule has 1 unspecified atom stereocenters. The zero-order valence-electron chi connectivity index (χ0n) is 19.9. The summed E-state index contributed by atoms with van der Waals surface area (Å²) in [6, 6.07) is 27.1. The number of carbonyl (C=O) groups excluding carboxylic acids is 1. The van der Waals surface area contributed by atoms with Crippen molar-refractivity contribution in [2.75, 3.05) is 0 Å². The van der Waals surface area contributed by atoms with Crippen LogP contribution in [0.15, 0.2) is 78.9 Å². The molecule has 0 heterocycles. The van der Waals surface area contributed by atoms with Crippen LogP contribution in [0.4, 0.5) is 0 Å². The maximum atomic E-state index is 13.4. The number of ether oxygens (including phenoxy) is 1. The van der Waals surface area contributed by atoms with Gasteiger partial charge in [0.1, 0.15) is 12.4 Å². The summed E-state index contributed by atoms with van der Waals surface area (Å²) >= 11 is 0. The normalized spacial score (nSPS) is 12.1. The van der Waals surface area contributed by atoms with E-state index in [9.17, 15) is 4.79 Å². The van der Waals surface area contributed by atoms with Gasteiger partial charge in [0.05, 0.1) is 0 Å². The van der Waals surface area contributed by atoms with Gasteiger partial charge in [0.25, 0.3) is 0 Å². The molecule has 0 spiro atoms. The Hall–Kier alpha value is -3.07. The van der Waals surface area contributed by atoms with Gasteiger partial charge < -0.3 is 9.64 Å². The van der Waals surface area contributed by atoms with Crippen LogP contribution < -0.4 is 4.74 Å². The lowest BCUT2D eigenvalue weighted by Gasteiger charge is -2.32. The molecule has 0 aliphatic heterocycles.